The third-order valence-electron chi connectivity index (χ3n) is 2.17. The van der Waals surface area contributed by atoms with Gasteiger partial charge in [0.05, 0.1) is 6.54 Å². The summed E-state index contributed by atoms with van der Waals surface area (Å²) in [6.45, 7) is 10.3. The van der Waals surface area contributed by atoms with Crippen LogP contribution >= 0.6 is 0 Å². The summed E-state index contributed by atoms with van der Waals surface area (Å²) in [5.41, 5.74) is 0.987. The Morgan fingerprint density at radius 3 is 2.62 bits per heavy atom. The van der Waals surface area contributed by atoms with Crippen molar-refractivity contribution in [2.75, 3.05) is 26.7 Å². The highest BCUT2D eigenvalue weighted by Gasteiger charge is 2.10. The fraction of sp³-hybridized carbons (Fsp3) is 0.750. The summed E-state index contributed by atoms with van der Waals surface area (Å²) in [5.74, 6) is 0.623. The van der Waals surface area contributed by atoms with Crippen LogP contribution in [0.2, 0.25) is 0 Å². The topological polar surface area (TPSA) is 53.2 Å². The minimum absolute atomic E-state index is 0.334. The Kier molecular flexibility index (Phi) is 8.85. The molecule has 94 valence electrons. The van der Waals surface area contributed by atoms with Crippen LogP contribution in [0, 0.1) is 5.92 Å². The predicted molar refractivity (Wildman–Crippen MR) is 68.4 cm³/mol. The molecule has 0 aliphatic carbocycles. The largest absolute Gasteiger partial charge is 0.384 e. The molecule has 0 aliphatic rings. The maximum absolute atomic E-state index is 10.2. The maximum atomic E-state index is 10.2. The average molecular weight is 227 g/mol. The van der Waals surface area contributed by atoms with Gasteiger partial charge in [-0.15, -0.1) is 0 Å². The first-order valence-corrected chi connectivity index (χ1v) is 5.83. The molecule has 1 atom stereocenters. The van der Waals surface area contributed by atoms with Gasteiger partial charge in [-0.1, -0.05) is 20.4 Å². The second-order valence-electron chi connectivity index (χ2n) is 4.43. The molecule has 0 aromatic heterocycles. The number of likely N-dealkylation sites (N-methyl/N-ethyl adjacent to an activating group) is 1. The first kappa shape index (κ1) is 15.1. The van der Waals surface area contributed by atoms with Gasteiger partial charge in [-0.25, -0.2) is 0 Å². The van der Waals surface area contributed by atoms with Gasteiger partial charge in [-0.3, -0.25) is 0 Å². The van der Waals surface area contributed by atoms with E-state index in [1.165, 1.54) is 0 Å². The van der Waals surface area contributed by atoms with Gasteiger partial charge in [0.25, 0.3) is 0 Å². The van der Waals surface area contributed by atoms with Crippen molar-refractivity contribution < 1.29 is 4.79 Å². The highest BCUT2D eigenvalue weighted by molar-refractivity contribution is 5.51. The van der Waals surface area contributed by atoms with E-state index in [1.54, 1.807) is 0 Å². The molecule has 0 heterocycles. The maximum Gasteiger partial charge on any atom is 0.133 e. The zero-order chi connectivity index (χ0) is 12.4. The van der Waals surface area contributed by atoms with Crippen molar-refractivity contribution in [1.29, 1.82) is 0 Å². The van der Waals surface area contributed by atoms with Crippen molar-refractivity contribution in [2.24, 2.45) is 5.92 Å². The van der Waals surface area contributed by atoms with Crippen LogP contribution < -0.4 is 16.0 Å². The van der Waals surface area contributed by atoms with E-state index in [-0.39, 0.29) is 0 Å². The molecule has 0 aromatic rings. The zero-order valence-corrected chi connectivity index (χ0v) is 10.7. The Bertz CT molecular complexity index is 204. The van der Waals surface area contributed by atoms with Crippen molar-refractivity contribution in [2.45, 2.75) is 26.3 Å². The lowest BCUT2D eigenvalue weighted by molar-refractivity contribution is -0.107. The number of carbonyl (C=O) groups is 1. The van der Waals surface area contributed by atoms with E-state index in [1.807, 2.05) is 7.05 Å². The van der Waals surface area contributed by atoms with Gasteiger partial charge in [0.15, 0.2) is 0 Å². The molecular weight excluding hydrogens is 202 g/mol. The normalized spacial score (nSPS) is 12.5. The molecular formula is C12H25N3O. The SMILES string of the molecule is C=C(CNC)NC(CNCC=O)CC(C)C. The fourth-order valence-electron chi connectivity index (χ4n) is 1.63. The van der Waals surface area contributed by atoms with Crippen LogP contribution in [0.1, 0.15) is 20.3 Å². The number of hydrogen-bond donors (Lipinski definition) is 3. The molecule has 3 N–H and O–H groups in total. The van der Waals surface area contributed by atoms with Crippen LogP contribution in [0.4, 0.5) is 0 Å². The van der Waals surface area contributed by atoms with E-state index in [2.05, 4.69) is 36.4 Å². The van der Waals surface area contributed by atoms with Crippen molar-refractivity contribution in [1.82, 2.24) is 16.0 Å². The molecule has 4 nitrogen and oxygen atoms in total. The number of aldehydes is 1. The Morgan fingerprint density at radius 1 is 1.44 bits per heavy atom. The molecule has 0 bridgehead atoms. The van der Waals surface area contributed by atoms with Gasteiger partial charge >= 0.3 is 0 Å². The first-order valence-electron chi connectivity index (χ1n) is 5.83. The number of hydrogen-bond acceptors (Lipinski definition) is 4. The molecule has 0 rings (SSSR count). The molecule has 4 heteroatoms. The number of nitrogens with one attached hydrogen (secondary N) is 3. The van der Waals surface area contributed by atoms with Crippen LogP contribution in [-0.4, -0.2) is 39.0 Å². The monoisotopic (exact) mass is 227 g/mol. The van der Waals surface area contributed by atoms with Crippen LogP contribution in [0.5, 0.6) is 0 Å². The lowest BCUT2D eigenvalue weighted by Gasteiger charge is -2.23. The Morgan fingerprint density at radius 2 is 2.12 bits per heavy atom. The van der Waals surface area contributed by atoms with Crippen LogP contribution in [0.25, 0.3) is 0 Å². The van der Waals surface area contributed by atoms with Crippen molar-refractivity contribution in [3.63, 3.8) is 0 Å². The summed E-state index contributed by atoms with van der Waals surface area (Å²) in [5, 5.41) is 9.52. The Balaban J connectivity index is 3.98. The summed E-state index contributed by atoms with van der Waals surface area (Å²) in [7, 11) is 1.90. The van der Waals surface area contributed by atoms with E-state index in [4.69, 9.17) is 0 Å². The van der Waals surface area contributed by atoms with E-state index in [0.29, 0.717) is 18.5 Å². The molecule has 0 saturated heterocycles. The quantitative estimate of drug-likeness (QED) is 0.376. The van der Waals surface area contributed by atoms with Crippen molar-refractivity contribution in [3.05, 3.63) is 12.3 Å². The van der Waals surface area contributed by atoms with Crippen molar-refractivity contribution >= 4 is 6.29 Å². The molecule has 0 amide bonds. The van der Waals surface area contributed by atoms with Gasteiger partial charge in [-0.05, 0) is 19.4 Å². The minimum Gasteiger partial charge on any atom is -0.384 e. The lowest BCUT2D eigenvalue weighted by atomic mass is 10.0. The standard InChI is InChI=1S/C12H25N3O/c1-10(2)7-12(9-14-5-6-16)15-11(3)8-13-4/h6,10,12-15H,3,5,7-9H2,1-2,4H3. The first-order chi connectivity index (χ1) is 7.60. The molecule has 0 aliphatic heterocycles. The third-order valence-corrected chi connectivity index (χ3v) is 2.17. The molecule has 0 aromatic carbocycles. The average Bonchev–Trinajstić information content (AvgIpc) is 2.17. The summed E-state index contributed by atoms with van der Waals surface area (Å²) in [6.07, 6.45) is 1.95. The predicted octanol–water partition coefficient (Wildman–Crippen LogP) is 0.512. The lowest BCUT2D eigenvalue weighted by Crippen LogP contribution is -2.41. The van der Waals surface area contributed by atoms with Crippen LogP contribution in [0.3, 0.4) is 0 Å². The summed E-state index contributed by atoms with van der Waals surface area (Å²) in [4.78, 5) is 10.2. The highest BCUT2D eigenvalue weighted by Crippen LogP contribution is 2.05. The van der Waals surface area contributed by atoms with Gasteiger partial charge < -0.3 is 20.7 Å². The second-order valence-corrected chi connectivity index (χ2v) is 4.43. The van der Waals surface area contributed by atoms with Gasteiger partial charge in [0.2, 0.25) is 0 Å². The summed E-state index contributed by atoms with van der Waals surface area (Å²) < 4.78 is 0. The van der Waals surface area contributed by atoms with E-state index >= 15 is 0 Å². The smallest absolute Gasteiger partial charge is 0.133 e. The number of carbonyl (C=O) groups excluding carboxylic acids is 1. The van der Waals surface area contributed by atoms with E-state index in [9.17, 15) is 4.79 Å². The van der Waals surface area contributed by atoms with Crippen molar-refractivity contribution in [3.8, 4) is 0 Å². The minimum atomic E-state index is 0.334. The molecule has 0 spiro atoms. The third kappa shape index (κ3) is 8.44. The molecule has 1 unspecified atom stereocenters. The van der Waals surface area contributed by atoms with Crippen LogP contribution in [0.15, 0.2) is 12.3 Å². The molecule has 0 fully saturated rings. The van der Waals surface area contributed by atoms with E-state index in [0.717, 1.165) is 31.5 Å². The van der Waals surface area contributed by atoms with Gasteiger partial charge in [0, 0.05) is 24.8 Å². The number of rotatable bonds is 10. The summed E-state index contributed by atoms with van der Waals surface area (Å²) >= 11 is 0. The fourth-order valence-corrected chi connectivity index (χ4v) is 1.63. The molecule has 0 radical (unpaired) electrons. The Labute approximate surface area is 98.9 Å². The van der Waals surface area contributed by atoms with Gasteiger partial charge in [-0.2, -0.15) is 0 Å². The highest BCUT2D eigenvalue weighted by atomic mass is 16.1. The Hall–Kier alpha value is -0.870. The van der Waals surface area contributed by atoms with E-state index < -0.39 is 0 Å². The zero-order valence-electron chi connectivity index (χ0n) is 10.7. The van der Waals surface area contributed by atoms with Gasteiger partial charge in [0.1, 0.15) is 6.29 Å². The molecule has 16 heavy (non-hydrogen) atoms. The molecule has 0 saturated carbocycles. The van der Waals surface area contributed by atoms with Crippen LogP contribution in [-0.2, 0) is 4.79 Å². The second kappa shape index (κ2) is 9.36. The summed E-state index contributed by atoms with van der Waals surface area (Å²) in [6, 6.07) is 0.334.